The van der Waals surface area contributed by atoms with E-state index in [1.807, 2.05) is 0 Å². The topological polar surface area (TPSA) is 136 Å². The average molecular weight is 474 g/mol. The minimum absolute atomic E-state index is 0.00568. The van der Waals surface area contributed by atoms with E-state index in [1.54, 1.807) is 18.4 Å². The van der Waals surface area contributed by atoms with Crippen molar-refractivity contribution in [3.8, 4) is 0 Å². The van der Waals surface area contributed by atoms with Gasteiger partial charge < -0.3 is 10.1 Å². The molecule has 1 aliphatic rings. The molecule has 10 nitrogen and oxygen atoms in total. The van der Waals surface area contributed by atoms with Crippen LogP contribution < -0.4 is 5.32 Å². The number of amides is 1. The Morgan fingerprint density at radius 1 is 1.43 bits per heavy atom. The monoisotopic (exact) mass is 473 g/mol. The van der Waals surface area contributed by atoms with Crippen LogP contribution in [-0.4, -0.2) is 49.2 Å². The number of ether oxygens (including phenoxy) is 1. The highest BCUT2D eigenvalue weighted by atomic mass is 32.2. The number of piperidine rings is 1. The van der Waals surface area contributed by atoms with E-state index in [4.69, 9.17) is 4.74 Å². The Kier molecular flexibility index (Phi) is 6.85. The molecule has 1 unspecified atom stereocenters. The molecule has 30 heavy (non-hydrogen) atoms. The molecule has 2 aromatic heterocycles. The number of carbonyl (C=O) groups is 2. The first-order valence-electron chi connectivity index (χ1n) is 9.04. The fourth-order valence-corrected chi connectivity index (χ4v) is 6.58. The van der Waals surface area contributed by atoms with Crippen LogP contribution in [0.3, 0.4) is 0 Å². The number of nitro groups is 1. The molecular formula is C17H19N3O7S3. The molecule has 1 fully saturated rings. The van der Waals surface area contributed by atoms with Crippen LogP contribution in [0, 0.1) is 16.0 Å². The van der Waals surface area contributed by atoms with Gasteiger partial charge in [0.25, 0.3) is 10.0 Å². The number of rotatable bonds is 7. The maximum Gasteiger partial charge on any atom is 0.341 e. The second kappa shape index (κ2) is 9.20. The van der Waals surface area contributed by atoms with E-state index in [9.17, 15) is 28.1 Å². The maximum absolute atomic E-state index is 12.8. The minimum Gasteiger partial charge on any atom is -0.462 e. The van der Waals surface area contributed by atoms with Gasteiger partial charge in [0.2, 0.25) is 5.91 Å². The summed E-state index contributed by atoms with van der Waals surface area (Å²) in [5.74, 6) is -1.92. The smallest absolute Gasteiger partial charge is 0.341 e. The lowest BCUT2D eigenvalue weighted by Crippen LogP contribution is -2.43. The molecule has 3 heterocycles. The van der Waals surface area contributed by atoms with E-state index in [0.29, 0.717) is 30.7 Å². The Labute approximate surface area is 180 Å². The van der Waals surface area contributed by atoms with E-state index in [1.165, 1.54) is 10.4 Å². The molecular weight excluding hydrogens is 454 g/mol. The molecule has 0 radical (unpaired) electrons. The highest BCUT2D eigenvalue weighted by Gasteiger charge is 2.35. The van der Waals surface area contributed by atoms with Crippen molar-refractivity contribution in [3.05, 3.63) is 39.3 Å². The molecule has 1 N–H and O–H groups in total. The van der Waals surface area contributed by atoms with Gasteiger partial charge >= 0.3 is 11.0 Å². The molecule has 1 saturated heterocycles. The first-order chi connectivity index (χ1) is 14.2. The van der Waals surface area contributed by atoms with E-state index < -0.39 is 32.7 Å². The third-order valence-corrected chi connectivity index (χ3v) is 8.72. The van der Waals surface area contributed by atoms with Crippen LogP contribution in [-0.2, 0) is 19.6 Å². The second-order valence-corrected chi connectivity index (χ2v) is 10.6. The largest absolute Gasteiger partial charge is 0.462 e. The van der Waals surface area contributed by atoms with Crippen molar-refractivity contribution in [2.75, 3.05) is 25.0 Å². The predicted molar refractivity (Wildman–Crippen MR) is 111 cm³/mol. The molecule has 1 amide bonds. The molecule has 1 aliphatic heterocycles. The Bertz CT molecular complexity index is 1050. The van der Waals surface area contributed by atoms with Gasteiger partial charge in [-0.25, -0.2) is 13.2 Å². The van der Waals surface area contributed by atoms with Crippen molar-refractivity contribution in [1.29, 1.82) is 0 Å². The summed E-state index contributed by atoms with van der Waals surface area (Å²) in [6.45, 7) is 1.98. The zero-order chi connectivity index (χ0) is 21.9. The first-order valence-corrected chi connectivity index (χ1v) is 12.2. The summed E-state index contributed by atoms with van der Waals surface area (Å²) in [4.78, 5) is 35.3. The van der Waals surface area contributed by atoms with Gasteiger partial charge in [0.15, 0.2) is 0 Å². The fourth-order valence-electron chi connectivity index (χ4n) is 3.05. The first kappa shape index (κ1) is 22.3. The van der Waals surface area contributed by atoms with Gasteiger partial charge in [-0.2, -0.15) is 4.31 Å². The van der Waals surface area contributed by atoms with Crippen LogP contribution in [0.25, 0.3) is 0 Å². The summed E-state index contributed by atoms with van der Waals surface area (Å²) in [6, 6.07) is 4.22. The molecule has 0 spiro atoms. The van der Waals surface area contributed by atoms with Crippen LogP contribution in [0.1, 0.15) is 30.1 Å². The van der Waals surface area contributed by atoms with Crippen molar-refractivity contribution in [1.82, 2.24) is 4.31 Å². The SMILES string of the molecule is CCOC(=O)c1cc([N+](=O)[O-])sc1NC(=O)C1CCCN(S(=O)(=O)c2cccs2)C1. The molecule has 13 heteroatoms. The van der Waals surface area contributed by atoms with Crippen LogP contribution in [0.5, 0.6) is 0 Å². The van der Waals surface area contributed by atoms with Crippen LogP contribution >= 0.6 is 22.7 Å². The van der Waals surface area contributed by atoms with Crippen molar-refractivity contribution in [2.45, 2.75) is 24.0 Å². The van der Waals surface area contributed by atoms with Gasteiger partial charge in [0.1, 0.15) is 14.8 Å². The summed E-state index contributed by atoms with van der Waals surface area (Å²) in [5.41, 5.74) is -0.0965. The van der Waals surface area contributed by atoms with Crippen LogP contribution in [0.4, 0.5) is 10.0 Å². The van der Waals surface area contributed by atoms with Crippen molar-refractivity contribution in [2.24, 2.45) is 5.92 Å². The average Bonchev–Trinajstić information content (AvgIpc) is 3.39. The number of esters is 1. The molecule has 1 atom stereocenters. The Balaban J connectivity index is 1.77. The highest BCUT2D eigenvalue weighted by Crippen LogP contribution is 2.35. The summed E-state index contributed by atoms with van der Waals surface area (Å²) in [7, 11) is -3.68. The van der Waals surface area contributed by atoms with Gasteiger partial charge in [-0.1, -0.05) is 6.07 Å². The number of hydrogen-bond acceptors (Lipinski definition) is 9. The molecule has 2 aromatic rings. The number of anilines is 1. The van der Waals surface area contributed by atoms with Crippen molar-refractivity contribution >= 4 is 54.6 Å². The number of nitrogens with zero attached hydrogens (tertiary/aromatic N) is 2. The molecule has 0 aromatic carbocycles. The summed E-state index contributed by atoms with van der Waals surface area (Å²) in [5, 5.41) is 15.0. The second-order valence-electron chi connectivity index (χ2n) is 6.43. The van der Waals surface area contributed by atoms with Gasteiger partial charge in [-0.15, -0.1) is 11.3 Å². The van der Waals surface area contributed by atoms with Crippen LogP contribution in [0.15, 0.2) is 27.8 Å². The third kappa shape index (κ3) is 4.69. The number of carbonyl (C=O) groups excluding carboxylic acids is 2. The minimum atomic E-state index is -3.68. The summed E-state index contributed by atoms with van der Waals surface area (Å²) >= 11 is 1.76. The van der Waals surface area contributed by atoms with Crippen molar-refractivity contribution in [3.63, 3.8) is 0 Å². The number of sulfonamides is 1. The lowest BCUT2D eigenvalue weighted by atomic mass is 9.99. The fraction of sp³-hybridized carbons (Fsp3) is 0.412. The maximum atomic E-state index is 12.8. The van der Waals surface area contributed by atoms with Gasteiger partial charge in [-0.05, 0) is 42.5 Å². The molecule has 0 aliphatic carbocycles. The Hall–Kier alpha value is -2.35. The van der Waals surface area contributed by atoms with Crippen molar-refractivity contribution < 1.29 is 27.7 Å². The Morgan fingerprint density at radius 2 is 2.20 bits per heavy atom. The number of nitrogens with one attached hydrogen (secondary N) is 1. The molecule has 0 saturated carbocycles. The van der Waals surface area contributed by atoms with Gasteiger partial charge in [-0.3, -0.25) is 14.9 Å². The van der Waals surface area contributed by atoms with E-state index >= 15 is 0 Å². The van der Waals surface area contributed by atoms with Gasteiger partial charge in [0, 0.05) is 19.2 Å². The third-order valence-electron chi connectivity index (χ3n) is 4.48. The van der Waals surface area contributed by atoms with E-state index in [0.717, 1.165) is 17.4 Å². The highest BCUT2D eigenvalue weighted by molar-refractivity contribution is 7.91. The number of hydrogen-bond donors (Lipinski definition) is 1. The quantitative estimate of drug-likeness (QED) is 0.371. The predicted octanol–water partition coefficient (Wildman–Crippen LogP) is 2.93. The molecule has 162 valence electrons. The number of thiophene rings is 2. The van der Waals surface area contributed by atoms with Crippen LogP contribution in [0.2, 0.25) is 0 Å². The molecule has 3 rings (SSSR count). The Morgan fingerprint density at radius 3 is 2.83 bits per heavy atom. The van der Waals surface area contributed by atoms with Gasteiger partial charge in [0.05, 0.1) is 17.4 Å². The van der Waals surface area contributed by atoms with E-state index in [2.05, 4.69) is 5.32 Å². The summed E-state index contributed by atoms with van der Waals surface area (Å²) in [6.07, 6.45) is 0.961. The zero-order valence-corrected chi connectivity index (χ0v) is 18.3. The lowest BCUT2D eigenvalue weighted by molar-refractivity contribution is -0.380. The van der Waals surface area contributed by atoms with E-state index in [-0.39, 0.29) is 32.9 Å². The lowest BCUT2D eigenvalue weighted by Gasteiger charge is -2.30. The summed E-state index contributed by atoms with van der Waals surface area (Å²) < 4.78 is 31.9. The molecule has 0 bridgehead atoms. The normalized spacial score (nSPS) is 17.4. The standard InChI is InChI=1S/C17H19N3O7S3/c1-2-27-17(22)12-9-13(20(23)24)29-16(12)18-15(21)11-5-3-7-19(10-11)30(25,26)14-6-4-8-28-14/h4,6,8-9,11H,2-3,5,7,10H2,1H3,(H,18,21). The zero-order valence-electron chi connectivity index (χ0n) is 15.9.